The van der Waals surface area contributed by atoms with E-state index in [4.69, 9.17) is 4.74 Å². The Balaban J connectivity index is 1.38. The Morgan fingerprint density at radius 2 is 1.69 bits per heavy atom. The number of anilines is 3. The van der Waals surface area contributed by atoms with Gasteiger partial charge in [0, 0.05) is 38.8 Å². The largest absolute Gasteiger partial charge is 0.492 e. The van der Waals surface area contributed by atoms with Crippen molar-refractivity contribution in [2.24, 2.45) is 0 Å². The van der Waals surface area contributed by atoms with E-state index in [1.54, 1.807) is 6.33 Å². The Morgan fingerprint density at radius 3 is 2.48 bits per heavy atom. The number of nitrogens with one attached hydrogen (secondary N) is 1. The molecule has 0 unspecified atom stereocenters. The van der Waals surface area contributed by atoms with Crippen molar-refractivity contribution in [1.82, 2.24) is 14.9 Å². The summed E-state index contributed by atoms with van der Waals surface area (Å²) in [6.45, 7) is 7.57. The normalized spacial score (nSPS) is 14.6. The highest BCUT2D eigenvalue weighted by Gasteiger charge is 2.18. The van der Waals surface area contributed by atoms with E-state index in [9.17, 15) is 0 Å². The fourth-order valence-electron chi connectivity index (χ4n) is 3.55. The molecule has 0 spiro atoms. The predicted octanol–water partition coefficient (Wildman–Crippen LogP) is 3.94. The van der Waals surface area contributed by atoms with Gasteiger partial charge in [-0.3, -0.25) is 4.90 Å². The van der Waals surface area contributed by atoms with Crippen molar-refractivity contribution in [2.75, 3.05) is 43.0 Å². The molecule has 2 heterocycles. The third kappa shape index (κ3) is 5.03. The zero-order valence-electron chi connectivity index (χ0n) is 16.8. The van der Waals surface area contributed by atoms with Crippen molar-refractivity contribution in [1.29, 1.82) is 0 Å². The molecule has 4 rings (SSSR count). The molecule has 1 fully saturated rings. The second kappa shape index (κ2) is 9.39. The minimum atomic E-state index is 0.626. The Morgan fingerprint density at radius 1 is 0.931 bits per heavy atom. The summed E-state index contributed by atoms with van der Waals surface area (Å²) in [4.78, 5) is 13.7. The highest BCUT2D eigenvalue weighted by Crippen LogP contribution is 2.27. The van der Waals surface area contributed by atoms with Crippen LogP contribution in [0, 0.1) is 0 Å². The lowest BCUT2D eigenvalue weighted by molar-refractivity contribution is 0.249. The maximum Gasteiger partial charge on any atom is 0.142 e. The van der Waals surface area contributed by atoms with Gasteiger partial charge >= 0.3 is 0 Å². The average Bonchev–Trinajstić information content (AvgIpc) is 2.77. The van der Waals surface area contributed by atoms with E-state index < -0.39 is 0 Å². The SMILES string of the molecule is CCOc1ccccc1Nc1cc(N2CCN(Cc3ccccc3)CC2)ncn1. The summed E-state index contributed by atoms with van der Waals surface area (Å²) in [5.74, 6) is 2.55. The minimum Gasteiger partial charge on any atom is -0.492 e. The summed E-state index contributed by atoms with van der Waals surface area (Å²) in [5, 5.41) is 3.37. The second-order valence-electron chi connectivity index (χ2n) is 7.06. The van der Waals surface area contributed by atoms with Crippen molar-refractivity contribution in [3.8, 4) is 5.75 Å². The first-order chi connectivity index (χ1) is 14.3. The van der Waals surface area contributed by atoms with Crippen LogP contribution in [0.15, 0.2) is 67.0 Å². The zero-order chi connectivity index (χ0) is 19.9. The van der Waals surface area contributed by atoms with Crippen LogP contribution in [0.4, 0.5) is 17.3 Å². The molecule has 6 nitrogen and oxygen atoms in total. The number of nitrogens with zero attached hydrogens (tertiary/aromatic N) is 4. The molecule has 29 heavy (non-hydrogen) atoms. The lowest BCUT2D eigenvalue weighted by atomic mass is 10.2. The van der Waals surface area contributed by atoms with Gasteiger partial charge in [0.2, 0.25) is 0 Å². The van der Waals surface area contributed by atoms with Crippen LogP contribution >= 0.6 is 0 Å². The van der Waals surface area contributed by atoms with Crippen molar-refractivity contribution in [2.45, 2.75) is 13.5 Å². The molecule has 6 heteroatoms. The molecule has 0 saturated carbocycles. The predicted molar refractivity (Wildman–Crippen MR) is 117 cm³/mol. The molecular formula is C23H27N5O. The molecule has 0 radical (unpaired) electrons. The Hall–Kier alpha value is -3.12. The van der Waals surface area contributed by atoms with E-state index in [0.29, 0.717) is 6.61 Å². The summed E-state index contributed by atoms with van der Waals surface area (Å²) in [7, 11) is 0. The Bertz CT molecular complexity index is 910. The number of aromatic nitrogens is 2. The first kappa shape index (κ1) is 19.2. The minimum absolute atomic E-state index is 0.626. The Kier molecular flexibility index (Phi) is 6.22. The summed E-state index contributed by atoms with van der Waals surface area (Å²) >= 11 is 0. The fraction of sp³-hybridized carbons (Fsp3) is 0.304. The summed E-state index contributed by atoms with van der Waals surface area (Å²) in [6, 6.07) is 20.6. The summed E-state index contributed by atoms with van der Waals surface area (Å²) in [5.41, 5.74) is 2.27. The van der Waals surface area contributed by atoms with Crippen molar-refractivity contribution in [3.05, 3.63) is 72.6 Å². The van der Waals surface area contributed by atoms with E-state index in [0.717, 1.165) is 55.8 Å². The van der Waals surface area contributed by atoms with E-state index in [1.807, 2.05) is 37.3 Å². The van der Waals surface area contributed by atoms with Crippen LogP contribution in [0.3, 0.4) is 0 Å². The quantitative estimate of drug-likeness (QED) is 0.661. The van der Waals surface area contributed by atoms with Crippen LogP contribution in [0.25, 0.3) is 0 Å². The second-order valence-corrected chi connectivity index (χ2v) is 7.06. The number of ether oxygens (including phenoxy) is 1. The number of hydrogen-bond donors (Lipinski definition) is 1. The van der Waals surface area contributed by atoms with Crippen LogP contribution < -0.4 is 15.0 Å². The van der Waals surface area contributed by atoms with E-state index in [-0.39, 0.29) is 0 Å². The molecule has 1 aliphatic rings. The van der Waals surface area contributed by atoms with Gasteiger partial charge in [-0.15, -0.1) is 0 Å². The highest BCUT2D eigenvalue weighted by atomic mass is 16.5. The van der Waals surface area contributed by atoms with E-state index >= 15 is 0 Å². The smallest absolute Gasteiger partial charge is 0.142 e. The monoisotopic (exact) mass is 389 g/mol. The zero-order valence-corrected chi connectivity index (χ0v) is 16.8. The van der Waals surface area contributed by atoms with Crippen LogP contribution in [-0.2, 0) is 6.54 Å². The molecule has 1 saturated heterocycles. The lowest BCUT2D eigenvalue weighted by Gasteiger charge is -2.35. The highest BCUT2D eigenvalue weighted by molar-refractivity contribution is 5.65. The molecule has 1 aromatic heterocycles. The number of rotatable bonds is 7. The number of benzene rings is 2. The van der Waals surface area contributed by atoms with E-state index in [1.165, 1.54) is 5.56 Å². The molecule has 0 bridgehead atoms. The molecule has 0 aliphatic carbocycles. The number of hydrogen-bond acceptors (Lipinski definition) is 6. The molecule has 150 valence electrons. The van der Waals surface area contributed by atoms with E-state index in [2.05, 4.69) is 55.4 Å². The van der Waals surface area contributed by atoms with Gasteiger partial charge in [0.1, 0.15) is 23.7 Å². The van der Waals surface area contributed by atoms with Gasteiger partial charge in [-0.1, -0.05) is 42.5 Å². The van der Waals surface area contributed by atoms with Gasteiger partial charge in [-0.25, -0.2) is 9.97 Å². The first-order valence-electron chi connectivity index (χ1n) is 10.1. The maximum atomic E-state index is 5.69. The van der Waals surface area contributed by atoms with Crippen molar-refractivity contribution >= 4 is 17.3 Å². The van der Waals surface area contributed by atoms with Gasteiger partial charge in [0.15, 0.2) is 0 Å². The third-order valence-corrected chi connectivity index (χ3v) is 5.05. The van der Waals surface area contributed by atoms with Crippen molar-refractivity contribution < 1.29 is 4.74 Å². The van der Waals surface area contributed by atoms with Gasteiger partial charge in [0.05, 0.1) is 12.3 Å². The third-order valence-electron chi connectivity index (χ3n) is 5.05. The first-order valence-corrected chi connectivity index (χ1v) is 10.1. The molecule has 0 amide bonds. The van der Waals surface area contributed by atoms with Crippen LogP contribution in [0.2, 0.25) is 0 Å². The van der Waals surface area contributed by atoms with Crippen LogP contribution in [0.5, 0.6) is 5.75 Å². The molecule has 0 atom stereocenters. The average molecular weight is 390 g/mol. The molecule has 2 aromatic carbocycles. The molecule has 3 aromatic rings. The number of piperazine rings is 1. The molecule has 1 N–H and O–H groups in total. The van der Waals surface area contributed by atoms with Gasteiger partial charge in [0.25, 0.3) is 0 Å². The van der Waals surface area contributed by atoms with Crippen LogP contribution in [0.1, 0.15) is 12.5 Å². The Labute approximate surface area is 172 Å². The fourth-order valence-corrected chi connectivity index (χ4v) is 3.55. The van der Waals surface area contributed by atoms with Crippen LogP contribution in [-0.4, -0.2) is 47.7 Å². The van der Waals surface area contributed by atoms with Gasteiger partial charge in [-0.2, -0.15) is 0 Å². The summed E-state index contributed by atoms with van der Waals surface area (Å²) in [6.07, 6.45) is 1.62. The maximum absolute atomic E-state index is 5.69. The van der Waals surface area contributed by atoms with Gasteiger partial charge < -0.3 is 15.0 Å². The number of para-hydroxylation sites is 2. The summed E-state index contributed by atoms with van der Waals surface area (Å²) < 4.78 is 5.69. The molecular weight excluding hydrogens is 362 g/mol. The standard InChI is InChI=1S/C23H27N5O/c1-2-29-21-11-7-6-10-20(21)26-22-16-23(25-18-24-22)28-14-12-27(13-15-28)17-19-8-4-3-5-9-19/h3-11,16,18H,2,12-15,17H2,1H3,(H,24,25,26). The van der Waals surface area contributed by atoms with Crippen molar-refractivity contribution in [3.63, 3.8) is 0 Å². The molecule has 1 aliphatic heterocycles. The lowest BCUT2D eigenvalue weighted by Crippen LogP contribution is -2.46. The van der Waals surface area contributed by atoms with Gasteiger partial charge in [-0.05, 0) is 24.6 Å². The topological polar surface area (TPSA) is 53.5 Å².